The molecule has 1 aromatic heterocycles. The molecule has 2 unspecified atom stereocenters. The van der Waals surface area contributed by atoms with E-state index < -0.39 is 6.10 Å². The number of morpholine rings is 1. The van der Waals surface area contributed by atoms with Crippen LogP contribution in [0.2, 0.25) is 0 Å². The van der Waals surface area contributed by atoms with Crippen molar-refractivity contribution in [1.82, 2.24) is 14.7 Å². The molecule has 1 fully saturated rings. The highest BCUT2D eigenvalue weighted by Gasteiger charge is 2.28. The van der Waals surface area contributed by atoms with Gasteiger partial charge in [0.2, 0.25) is 0 Å². The Hall–Kier alpha value is -0.910. The van der Waals surface area contributed by atoms with E-state index in [2.05, 4.69) is 30.8 Å². The lowest BCUT2D eigenvalue weighted by molar-refractivity contribution is -0.0940. The second kappa shape index (κ2) is 6.50. The molecule has 1 saturated heterocycles. The zero-order valence-corrected chi connectivity index (χ0v) is 12.1. The Morgan fingerprint density at radius 3 is 2.95 bits per heavy atom. The van der Waals surface area contributed by atoms with Crippen LogP contribution in [0, 0.1) is 0 Å². The lowest BCUT2D eigenvalue weighted by Crippen LogP contribution is -2.50. The molecule has 0 bridgehead atoms. The minimum Gasteiger partial charge on any atom is -0.390 e. The monoisotopic (exact) mass is 267 g/mol. The van der Waals surface area contributed by atoms with E-state index in [-0.39, 0.29) is 6.10 Å². The summed E-state index contributed by atoms with van der Waals surface area (Å²) in [5.74, 6) is 0. The lowest BCUT2D eigenvalue weighted by atomic mass is 10.0. The van der Waals surface area contributed by atoms with Gasteiger partial charge in [-0.25, -0.2) is 0 Å². The molecule has 1 aromatic rings. The first-order chi connectivity index (χ1) is 9.10. The molecule has 2 heterocycles. The molecule has 5 nitrogen and oxygen atoms in total. The Morgan fingerprint density at radius 1 is 1.53 bits per heavy atom. The molecule has 0 spiro atoms. The smallest absolute Gasteiger partial charge is 0.0964 e. The summed E-state index contributed by atoms with van der Waals surface area (Å²) in [5.41, 5.74) is 1.07. The van der Waals surface area contributed by atoms with Gasteiger partial charge in [-0.1, -0.05) is 0 Å². The van der Waals surface area contributed by atoms with Crippen molar-refractivity contribution < 1.29 is 9.84 Å². The first-order valence-corrected chi connectivity index (χ1v) is 7.15. The summed E-state index contributed by atoms with van der Waals surface area (Å²) in [7, 11) is 0. The van der Waals surface area contributed by atoms with Crippen molar-refractivity contribution in [2.24, 2.45) is 0 Å². The van der Waals surface area contributed by atoms with Crippen LogP contribution in [0.15, 0.2) is 12.4 Å². The summed E-state index contributed by atoms with van der Waals surface area (Å²) in [6, 6.07) is 0.501. The van der Waals surface area contributed by atoms with Crippen LogP contribution in [0.1, 0.15) is 26.3 Å². The molecule has 1 aliphatic rings. The summed E-state index contributed by atoms with van der Waals surface area (Å²) < 4.78 is 7.59. The van der Waals surface area contributed by atoms with Crippen LogP contribution >= 0.6 is 0 Å². The summed E-state index contributed by atoms with van der Waals surface area (Å²) in [5, 5.41) is 14.6. The first-order valence-electron chi connectivity index (χ1n) is 7.15. The van der Waals surface area contributed by atoms with Crippen LogP contribution in [-0.4, -0.2) is 57.7 Å². The molecule has 0 aromatic carbocycles. The van der Waals surface area contributed by atoms with Gasteiger partial charge in [0.15, 0.2) is 0 Å². The van der Waals surface area contributed by atoms with Gasteiger partial charge in [0.05, 0.1) is 25.0 Å². The van der Waals surface area contributed by atoms with Crippen LogP contribution in [-0.2, 0) is 17.7 Å². The second-order valence-electron chi connectivity index (χ2n) is 5.47. The number of ether oxygens (including phenoxy) is 1. The predicted octanol–water partition coefficient (Wildman–Crippen LogP) is 0.916. The fraction of sp³-hybridized carbons (Fsp3) is 0.786. The molecule has 0 radical (unpaired) electrons. The Labute approximate surface area is 115 Å². The topological polar surface area (TPSA) is 50.5 Å². The van der Waals surface area contributed by atoms with Gasteiger partial charge >= 0.3 is 0 Å². The normalized spacial score (nSPS) is 22.9. The first kappa shape index (κ1) is 14.5. The summed E-state index contributed by atoms with van der Waals surface area (Å²) in [4.78, 5) is 2.35. The van der Waals surface area contributed by atoms with Crippen molar-refractivity contribution in [2.45, 2.75) is 52.0 Å². The number of aliphatic hydroxyl groups is 1. The highest BCUT2D eigenvalue weighted by atomic mass is 16.5. The van der Waals surface area contributed by atoms with E-state index in [1.165, 1.54) is 0 Å². The number of aryl methyl sites for hydroxylation is 1. The number of hydrogen-bond acceptors (Lipinski definition) is 4. The van der Waals surface area contributed by atoms with Crippen LogP contribution in [0.4, 0.5) is 0 Å². The van der Waals surface area contributed by atoms with Gasteiger partial charge in [-0.05, 0) is 26.3 Å². The van der Waals surface area contributed by atoms with E-state index in [0.717, 1.165) is 25.2 Å². The molecule has 1 N–H and O–H groups in total. The van der Waals surface area contributed by atoms with Crippen LogP contribution < -0.4 is 0 Å². The van der Waals surface area contributed by atoms with Crippen molar-refractivity contribution in [1.29, 1.82) is 0 Å². The fourth-order valence-corrected chi connectivity index (χ4v) is 2.46. The van der Waals surface area contributed by atoms with E-state index in [4.69, 9.17) is 4.74 Å². The van der Waals surface area contributed by atoms with E-state index in [9.17, 15) is 5.11 Å². The second-order valence-corrected chi connectivity index (χ2v) is 5.47. The van der Waals surface area contributed by atoms with Crippen molar-refractivity contribution in [2.75, 3.05) is 19.7 Å². The molecule has 5 heteroatoms. The maximum atomic E-state index is 10.3. The zero-order chi connectivity index (χ0) is 13.8. The Morgan fingerprint density at radius 2 is 2.32 bits per heavy atom. The molecule has 2 rings (SSSR count). The summed E-state index contributed by atoms with van der Waals surface area (Å²) >= 11 is 0. The highest BCUT2D eigenvalue weighted by Crippen LogP contribution is 2.15. The Balaban J connectivity index is 1.90. The van der Waals surface area contributed by atoms with Gasteiger partial charge in [-0.3, -0.25) is 9.58 Å². The van der Waals surface area contributed by atoms with Gasteiger partial charge in [-0.2, -0.15) is 5.10 Å². The average molecular weight is 267 g/mol. The third-order valence-electron chi connectivity index (χ3n) is 3.74. The molecule has 2 atom stereocenters. The molecule has 1 aliphatic heterocycles. The minimum atomic E-state index is -0.462. The van der Waals surface area contributed by atoms with Crippen LogP contribution in [0.25, 0.3) is 0 Å². The maximum absolute atomic E-state index is 10.3. The van der Waals surface area contributed by atoms with Gasteiger partial charge in [0.1, 0.15) is 0 Å². The fourth-order valence-electron chi connectivity index (χ4n) is 2.46. The van der Waals surface area contributed by atoms with Crippen LogP contribution in [0.3, 0.4) is 0 Å². The zero-order valence-electron chi connectivity index (χ0n) is 12.1. The van der Waals surface area contributed by atoms with Gasteiger partial charge in [-0.15, -0.1) is 0 Å². The molecule has 0 aliphatic carbocycles. The summed E-state index contributed by atoms with van der Waals surface area (Å²) in [6.45, 7) is 9.73. The largest absolute Gasteiger partial charge is 0.390 e. The third kappa shape index (κ3) is 3.78. The number of rotatable bonds is 5. The molecular formula is C14H25N3O2. The van der Waals surface area contributed by atoms with Crippen molar-refractivity contribution in [3.8, 4) is 0 Å². The quantitative estimate of drug-likeness (QED) is 0.862. The van der Waals surface area contributed by atoms with E-state index in [0.29, 0.717) is 19.1 Å². The van der Waals surface area contributed by atoms with Crippen molar-refractivity contribution in [3.63, 3.8) is 0 Å². The standard InChI is InChI=1S/C14H25N3O2/c1-4-17-9-12(8-15-17)7-13(18)14-10-16(11(2)3)5-6-19-14/h8-9,11,13-14,18H,4-7,10H2,1-3H3. The molecule has 19 heavy (non-hydrogen) atoms. The van der Waals surface area contributed by atoms with Crippen molar-refractivity contribution >= 4 is 0 Å². The van der Waals surface area contributed by atoms with Crippen LogP contribution in [0.5, 0.6) is 0 Å². The number of hydrogen-bond donors (Lipinski definition) is 1. The number of nitrogens with zero attached hydrogens (tertiary/aromatic N) is 3. The molecule has 0 saturated carbocycles. The van der Waals surface area contributed by atoms with Crippen molar-refractivity contribution in [3.05, 3.63) is 18.0 Å². The number of aromatic nitrogens is 2. The minimum absolute atomic E-state index is 0.0962. The summed E-state index contributed by atoms with van der Waals surface area (Å²) in [6.07, 6.45) is 3.87. The average Bonchev–Trinajstić information content (AvgIpc) is 2.86. The lowest BCUT2D eigenvalue weighted by Gasteiger charge is -2.37. The molecule has 0 amide bonds. The van der Waals surface area contributed by atoms with Gasteiger partial charge < -0.3 is 9.84 Å². The molecular weight excluding hydrogens is 242 g/mol. The highest BCUT2D eigenvalue weighted by molar-refractivity contribution is 5.06. The number of aliphatic hydroxyl groups excluding tert-OH is 1. The van der Waals surface area contributed by atoms with E-state index in [1.54, 1.807) is 0 Å². The van der Waals surface area contributed by atoms with Gasteiger partial charge in [0.25, 0.3) is 0 Å². The van der Waals surface area contributed by atoms with Gasteiger partial charge in [0, 0.05) is 38.3 Å². The van der Waals surface area contributed by atoms with E-state index in [1.807, 2.05) is 17.1 Å². The van der Waals surface area contributed by atoms with E-state index >= 15 is 0 Å². The molecule has 108 valence electrons. The SMILES string of the molecule is CCn1cc(CC(O)C2CN(C(C)C)CCO2)cn1. The predicted molar refractivity (Wildman–Crippen MR) is 74.1 cm³/mol. The Bertz CT molecular complexity index is 392. The third-order valence-corrected chi connectivity index (χ3v) is 3.74. The maximum Gasteiger partial charge on any atom is 0.0964 e. The Kier molecular flexibility index (Phi) is 4.96.